The number of hydrogen-bond acceptors (Lipinski definition) is 5. The molecule has 0 fully saturated rings. The first-order chi connectivity index (χ1) is 8.46. The van der Waals surface area contributed by atoms with E-state index in [1.165, 1.54) is 7.05 Å². The second-order valence-electron chi connectivity index (χ2n) is 3.99. The number of carbonyl (C=O) groups is 1. The van der Waals surface area contributed by atoms with E-state index in [-0.39, 0.29) is 11.7 Å². The topological polar surface area (TPSA) is 113 Å². The molecule has 0 radical (unpaired) electrons. The fourth-order valence-corrected chi connectivity index (χ4v) is 2.67. The predicted octanol–water partition coefficient (Wildman–Crippen LogP) is -1.63. The van der Waals surface area contributed by atoms with Gasteiger partial charge in [-0.15, -0.1) is 0 Å². The van der Waals surface area contributed by atoms with Gasteiger partial charge < -0.3 is 16.4 Å². The first-order valence-electron chi connectivity index (χ1n) is 6.03. The highest BCUT2D eigenvalue weighted by molar-refractivity contribution is 7.89. The molecule has 0 aromatic heterocycles. The molecule has 0 heterocycles. The molecule has 0 aromatic carbocycles. The Balaban J connectivity index is 4.43. The van der Waals surface area contributed by atoms with Crippen molar-refractivity contribution in [1.82, 2.24) is 15.4 Å². The number of sulfonamides is 1. The van der Waals surface area contributed by atoms with Gasteiger partial charge in [-0.3, -0.25) is 4.79 Å². The summed E-state index contributed by atoms with van der Waals surface area (Å²) in [4.78, 5) is 11.6. The molecule has 7 nitrogen and oxygen atoms in total. The van der Waals surface area contributed by atoms with Gasteiger partial charge in [0.2, 0.25) is 15.9 Å². The summed E-state index contributed by atoms with van der Waals surface area (Å²) >= 11 is 0. The highest BCUT2D eigenvalue weighted by atomic mass is 32.2. The zero-order chi connectivity index (χ0) is 14.0. The Bertz CT molecular complexity index is 332. The van der Waals surface area contributed by atoms with Crippen LogP contribution in [0.1, 0.15) is 19.3 Å². The minimum Gasteiger partial charge on any atom is -0.358 e. The molecule has 18 heavy (non-hydrogen) atoms. The van der Waals surface area contributed by atoms with Crippen molar-refractivity contribution in [1.29, 1.82) is 0 Å². The van der Waals surface area contributed by atoms with Crippen molar-refractivity contribution in [3.8, 4) is 0 Å². The Labute approximate surface area is 109 Å². The number of rotatable bonds is 10. The van der Waals surface area contributed by atoms with Crippen molar-refractivity contribution < 1.29 is 13.2 Å². The Morgan fingerprint density at radius 1 is 1.28 bits per heavy atom. The van der Waals surface area contributed by atoms with E-state index in [1.807, 2.05) is 0 Å². The van der Waals surface area contributed by atoms with Crippen molar-refractivity contribution in [2.75, 3.05) is 32.9 Å². The van der Waals surface area contributed by atoms with Gasteiger partial charge in [-0.05, 0) is 26.4 Å². The summed E-state index contributed by atoms with van der Waals surface area (Å²) < 4.78 is 25.8. The van der Waals surface area contributed by atoms with Gasteiger partial charge >= 0.3 is 0 Å². The number of hydrogen-bond donors (Lipinski definition) is 4. The maximum Gasteiger partial charge on any atom is 0.237 e. The zero-order valence-corrected chi connectivity index (χ0v) is 11.8. The fraction of sp³-hybridized carbons (Fsp3) is 0.900. The van der Waals surface area contributed by atoms with Crippen LogP contribution in [0.3, 0.4) is 0 Å². The normalized spacial score (nSPS) is 13.3. The Morgan fingerprint density at radius 3 is 2.44 bits per heavy atom. The summed E-state index contributed by atoms with van der Waals surface area (Å²) in [7, 11) is -0.280. The third kappa shape index (κ3) is 7.59. The van der Waals surface area contributed by atoms with E-state index >= 15 is 0 Å². The van der Waals surface area contributed by atoms with Gasteiger partial charge in [0.1, 0.15) is 6.04 Å². The van der Waals surface area contributed by atoms with E-state index in [9.17, 15) is 13.2 Å². The SMILES string of the molecule is CNCCS(=O)(=O)N[C@@H](CCCCN)C(=O)NC. The minimum absolute atomic E-state index is 0.0477. The second kappa shape index (κ2) is 9.26. The average molecular weight is 280 g/mol. The van der Waals surface area contributed by atoms with Crippen LogP contribution in [0.5, 0.6) is 0 Å². The van der Waals surface area contributed by atoms with Crippen molar-refractivity contribution in [3.05, 3.63) is 0 Å². The molecule has 0 aliphatic heterocycles. The van der Waals surface area contributed by atoms with Crippen LogP contribution in [-0.4, -0.2) is 53.3 Å². The molecule has 0 saturated heterocycles. The highest BCUT2D eigenvalue weighted by Gasteiger charge is 2.22. The maximum absolute atomic E-state index is 11.7. The predicted molar refractivity (Wildman–Crippen MR) is 71.6 cm³/mol. The van der Waals surface area contributed by atoms with Crippen LogP contribution >= 0.6 is 0 Å². The van der Waals surface area contributed by atoms with Crippen molar-refractivity contribution in [2.45, 2.75) is 25.3 Å². The van der Waals surface area contributed by atoms with Gasteiger partial charge in [-0.1, -0.05) is 6.42 Å². The molecule has 0 spiro atoms. The number of carbonyl (C=O) groups excluding carboxylic acids is 1. The van der Waals surface area contributed by atoms with Gasteiger partial charge in [0.15, 0.2) is 0 Å². The molecule has 1 atom stereocenters. The molecule has 0 unspecified atom stereocenters. The zero-order valence-electron chi connectivity index (χ0n) is 11.0. The van der Waals surface area contributed by atoms with Gasteiger partial charge in [0.05, 0.1) is 5.75 Å². The molecular formula is C10H24N4O3S. The molecule has 108 valence electrons. The summed E-state index contributed by atoms with van der Waals surface area (Å²) in [5, 5.41) is 5.21. The Kier molecular flexibility index (Phi) is 8.90. The molecule has 5 N–H and O–H groups in total. The van der Waals surface area contributed by atoms with Crippen LogP contribution < -0.4 is 21.1 Å². The minimum atomic E-state index is -3.44. The van der Waals surface area contributed by atoms with Crippen LogP contribution in [0.4, 0.5) is 0 Å². The molecule has 8 heteroatoms. The molecule has 0 saturated carbocycles. The molecule has 0 aliphatic carbocycles. The molecule has 0 rings (SSSR count). The van der Waals surface area contributed by atoms with E-state index in [0.29, 0.717) is 25.9 Å². The van der Waals surface area contributed by atoms with Gasteiger partial charge in [0, 0.05) is 13.6 Å². The lowest BCUT2D eigenvalue weighted by Gasteiger charge is -2.17. The standard InChI is InChI=1S/C10H24N4O3S/c1-12-7-8-18(16,17)14-9(10(15)13-2)5-3-4-6-11/h9,12,14H,3-8,11H2,1-2H3,(H,13,15)/t9-/m0/s1. The number of nitrogens with one attached hydrogen (secondary N) is 3. The number of likely N-dealkylation sites (N-methyl/N-ethyl adjacent to an activating group) is 1. The van der Waals surface area contributed by atoms with Gasteiger partial charge in [0.25, 0.3) is 0 Å². The average Bonchev–Trinajstić information content (AvgIpc) is 2.34. The van der Waals surface area contributed by atoms with E-state index in [4.69, 9.17) is 5.73 Å². The van der Waals surface area contributed by atoms with Crippen LogP contribution in [0, 0.1) is 0 Å². The number of nitrogens with two attached hydrogens (primary N) is 1. The first kappa shape index (κ1) is 17.3. The molecule has 0 bridgehead atoms. The maximum atomic E-state index is 11.7. The Morgan fingerprint density at radius 2 is 1.94 bits per heavy atom. The lowest BCUT2D eigenvalue weighted by Crippen LogP contribution is -2.47. The lowest BCUT2D eigenvalue weighted by atomic mass is 10.1. The summed E-state index contributed by atoms with van der Waals surface area (Å²) in [6.45, 7) is 0.881. The first-order valence-corrected chi connectivity index (χ1v) is 7.68. The van der Waals surface area contributed by atoms with Gasteiger partial charge in [-0.2, -0.15) is 0 Å². The third-order valence-corrected chi connectivity index (χ3v) is 3.84. The van der Waals surface area contributed by atoms with E-state index in [1.54, 1.807) is 7.05 Å². The summed E-state index contributed by atoms with van der Waals surface area (Å²) in [6.07, 6.45) is 1.94. The van der Waals surface area contributed by atoms with Crippen LogP contribution in [0.15, 0.2) is 0 Å². The highest BCUT2D eigenvalue weighted by Crippen LogP contribution is 2.02. The van der Waals surface area contributed by atoms with Crippen LogP contribution in [0.25, 0.3) is 0 Å². The lowest BCUT2D eigenvalue weighted by molar-refractivity contribution is -0.122. The smallest absolute Gasteiger partial charge is 0.237 e. The van der Waals surface area contributed by atoms with Crippen molar-refractivity contribution in [3.63, 3.8) is 0 Å². The number of amides is 1. The van der Waals surface area contributed by atoms with Crippen molar-refractivity contribution >= 4 is 15.9 Å². The summed E-state index contributed by atoms with van der Waals surface area (Å²) in [5.41, 5.74) is 5.37. The summed E-state index contributed by atoms with van der Waals surface area (Å²) in [5.74, 6) is -0.367. The molecule has 0 aliphatic rings. The molecule has 0 aromatic rings. The monoisotopic (exact) mass is 280 g/mol. The summed E-state index contributed by atoms with van der Waals surface area (Å²) in [6, 6.07) is -0.719. The van der Waals surface area contributed by atoms with Gasteiger partial charge in [-0.25, -0.2) is 13.1 Å². The van der Waals surface area contributed by atoms with E-state index in [2.05, 4.69) is 15.4 Å². The Hall–Kier alpha value is -0.700. The van der Waals surface area contributed by atoms with Crippen LogP contribution in [-0.2, 0) is 14.8 Å². The van der Waals surface area contributed by atoms with Crippen LogP contribution in [0.2, 0.25) is 0 Å². The van der Waals surface area contributed by atoms with E-state index < -0.39 is 16.1 Å². The largest absolute Gasteiger partial charge is 0.358 e. The second-order valence-corrected chi connectivity index (χ2v) is 5.87. The third-order valence-electron chi connectivity index (χ3n) is 2.45. The van der Waals surface area contributed by atoms with E-state index in [0.717, 1.165) is 6.42 Å². The quantitative estimate of drug-likeness (QED) is 0.359. The fourth-order valence-electron chi connectivity index (χ4n) is 1.42. The molecular weight excluding hydrogens is 256 g/mol. The molecule has 1 amide bonds. The van der Waals surface area contributed by atoms with Crippen molar-refractivity contribution in [2.24, 2.45) is 5.73 Å². The number of unbranched alkanes of at least 4 members (excludes halogenated alkanes) is 1.